The van der Waals surface area contributed by atoms with Crippen molar-refractivity contribution in [2.75, 3.05) is 0 Å². The predicted molar refractivity (Wildman–Crippen MR) is 593 cm³/mol. The van der Waals surface area contributed by atoms with Crippen molar-refractivity contribution < 1.29 is 8.42 Å². The van der Waals surface area contributed by atoms with Gasteiger partial charge in [-0.25, -0.2) is 8.42 Å². The molecule has 0 saturated heterocycles. The number of nitrogens with zero attached hydrogens (tertiary/aromatic N) is 4. The molecule has 0 radical (unpaired) electrons. The lowest BCUT2D eigenvalue weighted by molar-refractivity contribution is 0.590. The largest absolute Gasteiger partial charge is 0.309 e. The van der Waals surface area contributed by atoms with Crippen LogP contribution >= 0.6 is 22.7 Å². The van der Waals surface area contributed by atoms with Gasteiger partial charge in [0, 0.05) is 117 Å². The van der Waals surface area contributed by atoms with Gasteiger partial charge in [0.25, 0.3) is 0 Å². The van der Waals surface area contributed by atoms with E-state index in [1.807, 2.05) is 0 Å². The maximum absolute atomic E-state index is 18.8. The van der Waals surface area contributed by atoms with Crippen molar-refractivity contribution in [1.82, 2.24) is 18.3 Å². The molecule has 0 aliphatic heterocycles. The van der Waals surface area contributed by atoms with Crippen LogP contribution in [0, 0.1) is 0 Å². The van der Waals surface area contributed by atoms with Crippen LogP contribution in [-0.2, 0) is 53.2 Å². The van der Waals surface area contributed by atoms with E-state index in [1.54, 1.807) is 22.7 Å². The first-order valence-electron chi connectivity index (χ1n) is 48.7. The molecule has 0 bridgehead atoms. The summed E-state index contributed by atoms with van der Waals surface area (Å²) in [4.78, 5) is 0.545. The third-order valence-corrected chi connectivity index (χ3v) is 33.6. The number of rotatable bonds is 10. The van der Waals surface area contributed by atoms with Gasteiger partial charge in [0.05, 0.1) is 53.9 Å². The van der Waals surface area contributed by atoms with E-state index in [2.05, 4.69) is 488 Å². The summed E-state index contributed by atoms with van der Waals surface area (Å²) in [6.07, 6.45) is 0. The minimum absolute atomic E-state index is 0.0440. The topological polar surface area (TPSA) is 53.9 Å². The van der Waals surface area contributed by atoms with Crippen LogP contribution in [0.2, 0.25) is 0 Å². The van der Waals surface area contributed by atoms with Gasteiger partial charge >= 0.3 is 0 Å². The monoisotopic (exact) mass is 1840 g/mol. The van der Waals surface area contributed by atoms with Gasteiger partial charge in [-0.1, -0.05) is 300 Å². The second-order valence-electron chi connectivity index (χ2n) is 47.2. The third-order valence-electron chi connectivity index (χ3n) is 29.4. The molecule has 0 unspecified atom stereocenters. The normalized spacial score (nSPS) is 13.3. The molecular weight excluding hydrogens is 1720 g/mol. The van der Waals surface area contributed by atoms with Crippen molar-refractivity contribution in [1.29, 1.82) is 0 Å². The molecule has 9 heteroatoms. The number of hydrogen-bond acceptors (Lipinski definition) is 4. The van der Waals surface area contributed by atoms with Crippen molar-refractivity contribution in [3.63, 3.8) is 0 Å². The summed E-state index contributed by atoms with van der Waals surface area (Å²) in [5, 5.41) is 12.8. The van der Waals surface area contributed by atoms with Gasteiger partial charge in [0.1, 0.15) is 0 Å². The van der Waals surface area contributed by atoms with Gasteiger partial charge in [0.2, 0.25) is 9.84 Å². The Kier molecular flexibility index (Phi) is 20.3. The van der Waals surface area contributed by atoms with Gasteiger partial charge in [0.15, 0.2) is 0 Å². The van der Waals surface area contributed by atoms with Crippen LogP contribution < -0.4 is 0 Å². The molecule has 22 rings (SSSR count). The van der Waals surface area contributed by atoms with Crippen molar-refractivity contribution in [3.8, 4) is 67.3 Å². The molecule has 6 aromatic heterocycles. The molecule has 684 valence electrons. The Bertz CT molecular complexity index is 8190. The van der Waals surface area contributed by atoms with Crippen LogP contribution in [0.3, 0.4) is 0 Å². The van der Waals surface area contributed by atoms with E-state index < -0.39 is 9.84 Å². The van der Waals surface area contributed by atoms with Gasteiger partial charge in [-0.3, -0.25) is 0 Å². The lowest BCUT2D eigenvalue weighted by atomic mass is 9.85. The summed E-state index contributed by atoms with van der Waals surface area (Å²) in [5.74, 6) is 0. The van der Waals surface area contributed by atoms with Crippen LogP contribution in [-0.4, -0.2) is 26.7 Å². The number of fused-ring (bicyclic) bond motifs is 18. The van der Waals surface area contributed by atoms with E-state index in [1.165, 1.54) is 87.6 Å². The molecule has 0 fully saturated rings. The Balaban J connectivity index is 0.782. The minimum atomic E-state index is -4.73. The second kappa shape index (κ2) is 31.1. The molecule has 137 heavy (non-hydrogen) atoms. The Hall–Kier alpha value is -12.9. The highest BCUT2D eigenvalue weighted by molar-refractivity contribution is 7.92. The van der Waals surface area contributed by atoms with Crippen molar-refractivity contribution in [3.05, 3.63) is 348 Å². The molecule has 0 N–H and O–H groups in total. The van der Waals surface area contributed by atoms with Crippen molar-refractivity contribution >= 4 is 160 Å². The second-order valence-corrected chi connectivity index (χ2v) is 51.1. The first kappa shape index (κ1) is 89.3. The average Bonchev–Trinajstić information content (AvgIpc) is 1.64. The Labute approximate surface area is 814 Å². The first-order valence-corrected chi connectivity index (χ1v) is 51.8. The Morgan fingerprint density at radius 1 is 0.190 bits per heavy atom. The number of benzene rings is 16. The molecule has 0 saturated carbocycles. The minimum Gasteiger partial charge on any atom is -0.309 e. The van der Waals surface area contributed by atoms with Crippen molar-refractivity contribution in [2.24, 2.45) is 0 Å². The zero-order chi connectivity index (χ0) is 96.1. The van der Waals surface area contributed by atoms with Gasteiger partial charge in [-0.15, -0.1) is 22.7 Å². The number of aromatic nitrogens is 4. The lowest BCUT2D eigenvalue weighted by Gasteiger charge is -2.20. The van der Waals surface area contributed by atoms with E-state index in [-0.39, 0.29) is 53.1 Å². The molecule has 0 amide bonds. The molecule has 22 aromatic rings. The maximum Gasteiger partial charge on any atom is 0.209 e. The van der Waals surface area contributed by atoms with Crippen LogP contribution in [0.1, 0.15) is 211 Å². The first-order chi connectivity index (χ1) is 64.7. The molecular formula is C128H122N4O2S3. The van der Waals surface area contributed by atoms with Gasteiger partial charge in [-0.2, -0.15) is 0 Å². The van der Waals surface area contributed by atoms with Crippen molar-refractivity contribution in [2.45, 2.75) is 219 Å². The van der Waals surface area contributed by atoms with Crippen LogP contribution in [0.4, 0.5) is 0 Å². The summed E-state index contributed by atoms with van der Waals surface area (Å²) >= 11 is 3.33. The molecule has 6 heterocycles. The zero-order valence-corrected chi connectivity index (χ0v) is 86.1. The Morgan fingerprint density at radius 2 is 0.394 bits per heavy atom. The summed E-state index contributed by atoms with van der Waals surface area (Å²) in [6.45, 7) is 55.0. The third kappa shape index (κ3) is 15.0. The SMILES string of the molecule is CC(C)(C)c1ccc2c(c1)c1cc(C(C)(C)C)ccc1n2-c1cccc(-c2ccc3c(c2)sc2ccc(-c4cccc(-n5c6ccc(C(C)(C)C)cc6c6cc(C(C)(C)C)ccc65)c4)c(S(=O)(=O)c4c(-c5cccc(-n6c7ccc(C(C)(C)C)cc7c7cc(C(C)(C)C)ccc76)c5)ccc5sc6cc(-c7cccc(-n8c9ccc(C(C)(C)C)cc9c9cc(C(C)(C)C)ccc98)c7)ccc6c45)c23)c1. The Morgan fingerprint density at radius 3 is 0.613 bits per heavy atom. The number of hydrogen-bond donors (Lipinski definition) is 0. The molecule has 0 spiro atoms. The molecule has 6 nitrogen and oxygen atoms in total. The quantitative estimate of drug-likeness (QED) is 0.137. The molecule has 16 aromatic carbocycles. The average molecular weight is 1840 g/mol. The highest BCUT2D eigenvalue weighted by Crippen LogP contribution is 2.54. The number of thiophene rings is 2. The molecule has 0 aliphatic carbocycles. The maximum atomic E-state index is 18.8. The highest BCUT2D eigenvalue weighted by Gasteiger charge is 2.36. The van der Waals surface area contributed by atoms with E-state index >= 15 is 8.42 Å². The van der Waals surface area contributed by atoms with Crippen LogP contribution in [0.25, 0.3) is 195 Å². The van der Waals surface area contributed by atoms with E-state index in [4.69, 9.17) is 0 Å². The molecule has 0 atom stereocenters. The lowest BCUT2D eigenvalue weighted by Crippen LogP contribution is -2.10. The zero-order valence-electron chi connectivity index (χ0n) is 83.7. The van der Waals surface area contributed by atoms with E-state index in [0.29, 0.717) is 21.9 Å². The summed E-state index contributed by atoms with van der Waals surface area (Å²) in [6, 6.07) is 114. The van der Waals surface area contributed by atoms with Crippen LogP contribution in [0.15, 0.2) is 313 Å². The molecule has 0 aliphatic rings. The smallest absolute Gasteiger partial charge is 0.209 e. The highest BCUT2D eigenvalue weighted by atomic mass is 32.2. The predicted octanol–water partition coefficient (Wildman–Crippen LogP) is 36.7. The van der Waals surface area contributed by atoms with E-state index in [9.17, 15) is 0 Å². The summed E-state index contributed by atoms with van der Waals surface area (Å²) < 4.78 is 51.1. The standard InChI is InChI=1S/C128H122N4O2S3/c1-121(2,3)81-39-51-105-97(67-81)98-68-82(122(4,5)6)40-52-106(98)129(105)89-33-25-29-75(61-89)77-37-47-95-115(65-77)135-113-59-49-93(79-31-27-35-91(63-79)131-109-55-43-85(125(13,14)15)71-101(109)102-72-86(126(16,17)18)44-56-110(102)131)119(117(95)113)137(133,134)120-94(80-32-28-36-92(64-80)132-111-57-45-87(127(19,20)21)73-103(111)104-74-88(128(22,23)24)46-58-112(104)132)50-60-114-118(120)96-48-38-78(66-116(96)136-114)76-30-26-34-90(62-76)130-107-53-41-83(123(7,8)9)69-99(107)100-70-84(124(10,11)12)42-54-108(100)130/h25-74H,1-24H3. The fraction of sp³-hybridized carbons (Fsp3) is 0.250. The van der Waals surface area contributed by atoms with Gasteiger partial charge in [-0.05, 0) is 291 Å². The van der Waals surface area contributed by atoms with E-state index in [0.717, 1.165) is 130 Å². The van der Waals surface area contributed by atoms with Crippen LogP contribution in [0.5, 0.6) is 0 Å². The summed E-state index contributed by atoms with van der Waals surface area (Å²) in [7, 11) is -4.73. The number of sulfone groups is 1. The van der Waals surface area contributed by atoms with Gasteiger partial charge < -0.3 is 18.3 Å². The fourth-order valence-electron chi connectivity index (χ4n) is 21.4. The fourth-order valence-corrected chi connectivity index (χ4v) is 25.9. The summed E-state index contributed by atoms with van der Waals surface area (Å²) in [5.41, 5.74) is 29.6.